The number of imidazole rings is 1. The van der Waals surface area contributed by atoms with Crippen LogP contribution in [0.4, 0.5) is 0 Å². The fraction of sp³-hybridized carbons (Fsp3) is 0.217. The van der Waals surface area contributed by atoms with Crippen LogP contribution in [0.5, 0.6) is 0 Å². The first-order valence-electron chi connectivity index (χ1n) is 10.00. The summed E-state index contributed by atoms with van der Waals surface area (Å²) in [4.78, 5) is 20.9. The molecule has 0 bridgehead atoms. The highest BCUT2D eigenvalue weighted by Crippen LogP contribution is 2.24. The number of hydrogen-bond donors (Lipinski definition) is 1. The van der Waals surface area contributed by atoms with Crippen molar-refractivity contribution >= 4 is 17.7 Å². The summed E-state index contributed by atoms with van der Waals surface area (Å²) >= 11 is 1.43. The molecule has 1 atom stereocenters. The van der Waals surface area contributed by atoms with Crippen molar-refractivity contribution in [3.63, 3.8) is 0 Å². The number of hydrogen-bond acceptors (Lipinski definition) is 5. The highest BCUT2D eigenvalue weighted by molar-refractivity contribution is 7.99. The largest absolute Gasteiger partial charge is 0.349 e. The maximum atomic E-state index is 12.6. The van der Waals surface area contributed by atoms with Gasteiger partial charge in [0.15, 0.2) is 5.16 Å². The fourth-order valence-electron chi connectivity index (χ4n) is 3.33. The van der Waals surface area contributed by atoms with Crippen LogP contribution in [0.15, 0.2) is 72.7 Å². The summed E-state index contributed by atoms with van der Waals surface area (Å²) in [6, 6.07) is 14.0. The average molecular weight is 433 g/mol. The molecule has 0 spiro atoms. The lowest BCUT2D eigenvalue weighted by atomic mass is 10.1. The zero-order valence-electron chi connectivity index (χ0n) is 17.7. The third-order valence-corrected chi connectivity index (χ3v) is 6.20. The first-order chi connectivity index (χ1) is 15.0. The van der Waals surface area contributed by atoms with E-state index >= 15 is 0 Å². The Morgan fingerprint density at radius 3 is 2.71 bits per heavy atom. The molecule has 31 heavy (non-hydrogen) atoms. The first-order valence-corrected chi connectivity index (χ1v) is 11.0. The van der Waals surface area contributed by atoms with Crippen molar-refractivity contribution in [3.8, 4) is 11.4 Å². The smallest absolute Gasteiger partial charge is 0.230 e. The Bertz CT molecular complexity index is 1170. The number of amides is 1. The zero-order chi connectivity index (χ0) is 21.8. The number of aromatic nitrogens is 5. The van der Waals surface area contributed by atoms with Crippen LogP contribution >= 0.6 is 11.8 Å². The van der Waals surface area contributed by atoms with E-state index < -0.39 is 0 Å². The molecule has 4 aromatic rings. The van der Waals surface area contributed by atoms with Crippen molar-refractivity contribution in [3.05, 3.63) is 84.2 Å². The number of nitrogens with one attached hydrogen (secondary N) is 1. The van der Waals surface area contributed by atoms with Gasteiger partial charge in [-0.1, -0.05) is 36.0 Å². The molecule has 0 aliphatic heterocycles. The van der Waals surface area contributed by atoms with E-state index in [1.165, 1.54) is 29.2 Å². The molecule has 2 aromatic carbocycles. The summed E-state index contributed by atoms with van der Waals surface area (Å²) in [7, 11) is 0. The van der Waals surface area contributed by atoms with Gasteiger partial charge in [0.2, 0.25) is 5.91 Å². The molecule has 2 aromatic heterocycles. The van der Waals surface area contributed by atoms with Crippen LogP contribution in [0.1, 0.15) is 29.7 Å². The molecule has 158 valence electrons. The monoisotopic (exact) mass is 432 g/mol. The number of nitrogens with zero attached hydrogens (tertiary/aromatic N) is 5. The summed E-state index contributed by atoms with van der Waals surface area (Å²) in [5.74, 6) is 0.261. The van der Waals surface area contributed by atoms with Crippen molar-refractivity contribution < 1.29 is 4.79 Å². The number of aryl methyl sites for hydroxylation is 1. The minimum atomic E-state index is -0.100. The summed E-state index contributed by atoms with van der Waals surface area (Å²) in [6.45, 7) is 6.17. The minimum absolute atomic E-state index is 0.0339. The van der Waals surface area contributed by atoms with E-state index in [0.717, 1.165) is 22.1 Å². The first kappa shape index (κ1) is 20.9. The van der Waals surface area contributed by atoms with Gasteiger partial charge in [0.1, 0.15) is 12.7 Å². The maximum absolute atomic E-state index is 12.6. The number of carbonyl (C=O) groups excluding carboxylic acids is 1. The Labute approximate surface area is 185 Å². The molecule has 7 nitrogen and oxygen atoms in total. The summed E-state index contributed by atoms with van der Waals surface area (Å²) < 4.78 is 3.73. The van der Waals surface area contributed by atoms with E-state index in [9.17, 15) is 4.79 Å². The van der Waals surface area contributed by atoms with Crippen molar-refractivity contribution in [2.45, 2.75) is 32.0 Å². The summed E-state index contributed by atoms with van der Waals surface area (Å²) in [5.41, 5.74) is 5.47. The maximum Gasteiger partial charge on any atom is 0.230 e. The second kappa shape index (κ2) is 9.18. The predicted molar refractivity (Wildman–Crippen MR) is 122 cm³/mol. The molecule has 0 aliphatic rings. The van der Waals surface area contributed by atoms with Gasteiger partial charge in [0, 0.05) is 12.4 Å². The topological polar surface area (TPSA) is 77.6 Å². The number of carbonyl (C=O) groups is 1. The van der Waals surface area contributed by atoms with Crippen molar-refractivity contribution in [2.75, 3.05) is 5.75 Å². The van der Waals surface area contributed by atoms with E-state index in [4.69, 9.17) is 0 Å². The van der Waals surface area contributed by atoms with Gasteiger partial charge in [-0.2, -0.15) is 5.10 Å². The Balaban J connectivity index is 1.37. The normalized spacial score (nSPS) is 12.0. The Morgan fingerprint density at radius 1 is 1.16 bits per heavy atom. The van der Waals surface area contributed by atoms with Crippen LogP contribution in [0.25, 0.3) is 11.4 Å². The second-order valence-corrected chi connectivity index (χ2v) is 8.25. The van der Waals surface area contributed by atoms with Crippen LogP contribution < -0.4 is 5.32 Å². The van der Waals surface area contributed by atoms with Gasteiger partial charge >= 0.3 is 0 Å². The van der Waals surface area contributed by atoms with Gasteiger partial charge in [-0.25, -0.2) is 14.6 Å². The van der Waals surface area contributed by atoms with Gasteiger partial charge in [-0.05, 0) is 55.7 Å². The lowest BCUT2D eigenvalue weighted by Crippen LogP contribution is -2.28. The fourth-order valence-corrected chi connectivity index (χ4v) is 4.11. The molecule has 0 fully saturated rings. The minimum Gasteiger partial charge on any atom is -0.349 e. The molecule has 4 rings (SSSR count). The SMILES string of the molecule is Cc1cccc(-n2ccnc2SCC(=O)N[C@@H](C)c2ccc(-n3cncn3)cc2)c1C. The van der Waals surface area contributed by atoms with E-state index in [1.54, 1.807) is 17.2 Å². The van der Waals surface area contributed by atoms with E-state index in [1.807, 2.05) is 48.0 Å². The lowest BCUT2D eigenvalue weighted by molar-refractivity contribution is -0.119. The van der Waals surface area contributed by atoms with Crippen molar-refractivity contribution in [1.82, 2.24) is 29.6 Å². The number of benzene rings is 2. The quantitative estimate of drug-likeness (QED) is 0.446. The molecule has 2 heterocycles. The van der Waals surface area contributed by atoms with Crippen LogP contribution in [-0.2, 0) is 4.79 Å². The zero-order valence-corrected chi connectivity index (χ0v) is 18.5. The van der Waals surface area contributed by atoms with Crippen LogP contribution in [-0.4, -0.2) is 36.0 Å². The Hall–Kier alpha value is -3.39. The molecule has 0 aliphatic carbocycles. The van der Waals surface area contributed by atoms with Crippen molar-refractivity contribution in [2.24, 2.45) is 0 Å². The molecule has 8 heteroatoms. The molecule has 1 amide bonds. The second-order valence-electron chi connectivity index (χ2n) is 7.31. The summed E-state index contributed by atoms with van der Waals surface area (Å²) in [6.07, 6.45) is 6.85. The van der Waals surface area contributed by atoms with Crippen LogP contribution in [0.3, 0.4) is 0 Å². The Morgan fingerprint density at radius 2 is 1.97 bits per heavy atom. The molecular formula is C23H24N6OS. The van der Waals surface area contributed by atoms with Gasteiger partial charge in [-0.15, -0.1) is 0 Å². The third-order valence-electron chi connectivity index (χ3n) is 5.23. The molecule has 0 unspecified atom stereocenters. The van der Waals surface area contributed by atoms with Gasteiger partial charge < -0.3 is 5.32 Å². The van der Waals surface area contributed by atoms with E-state index in [0.29, 0.717) is 5.75 Å². The lowest BCUT2D eigenvalue weighted by Gasteiger charge is -2.15. The molecular weight excluding hydrogens is 408 g/mol. The van der Waals surface area contributed by atoms with Crippen LogP contribution in [0.2, 0.25) is 0 Å². The van der Waals surface area contributed by atoms with Gasteiger partial charge in [0.25, 0.3) is 0 Å². The van der Waals surface area contributed by atoms with Crippen LogP contribution in [0, 0.1) is 13.8 Å². The standard InChI is InChI=1S/C23H24N6OS/c1-16-5-4-6-21(17(16)2)28-12-11-25-23(28)31-13-22(30)27-18(3)19-7-9-20(10-8-19)29-15-24-14-26-29/h4-12,14-15,18H,13H2,1-3H3,(H,27,30)/t18-/m0/s1. The molecule has 0 radical (unpaired) electrons. The Kier molecular flexibility index (Phi) is 6.18. The van der Waals surface area contributed by atoms with Crippen molar-refractivity contribution in [1.29, 1.82) is 0 Å². The molecule has 0 saturated carbocycles. The third kappa shape index (κ3) is 4.69. The predicted octanol–water partition coefficient (Wildman–Crippen LogP) is 4.04. The van der Waals surface area contributed by atoms with E-state index in [-0.39, 0.29) is 11.9 Å². The van der Waals surface area contributed by atoms with Gasteiger partial charge in [-0.3, -0.25) is 9.36 Å². The number of thioether (sulfide) groups is 1. The average Bonchev–Trinajstić information content (AvgIpc) is 3.46. The number of rotatable bonds is 7. The summed E-state index contributed by atoms with van der Waals surface area (Å²) in [5, 5.41) is 7.98. The van der Waals surface area contributed by atoms with E-state index in [2.05, 4.69) is 46.4 Å². The highest BCUT2D eigenvalue weighted by atomic mass is 32.2. The highest BCUT2D eigenvalue weighted by Gasteiger charge is 2.14. The molecule has 1 N–H and O–H groups in total. The van der Waals surface area contributed by atoms with Gasteiger partial charge in [0.05, 0.1) is 23.2 Å². The molecule has 0 saturated heterocycles.